The summed E-state index contributed by atoms with van der Waals surface area (Å²) in [6.45, 7) is 5.29. The molecule has 0 N–H and O–H groups in total. The number of carbonyl (C=O) groups is 1. The number of rotatable bonds is 5. The van der Waals surface area contributed by atoms with Gasteiger partial charge in [0.15, 0.2) is 0 Å². The number of anilines is 1. The van der Waals surface area contributed by atoms with Gasteiger partial charge in [0.2, 0.25) is 5.91 Å². The zero-order valence-electron chi connectivity index (χ0n) is 19.2. The number of morpholine rings is 1. The quantitative estimate of drug-likeness (QED) is 0.566. The molecule has 0 spiro atoms. The Morgan fingerprint density at radius 2 is 1.76 bits per heavy atom. The van der Waals surface area contributed by atoms with Crippen LogP contribution in [0.3, 0.4) is 0 Å². The number of aryl methyl sites for hydroxylation is 1. The van der Waals surface area contributed by atoms with Crippen LogP contribution in [0, 0.1) is 6.92 Å². The highest BCUT2D eigenvalue weighted by Gasteiger charge is 2.33. The summed E-state index contributed by atoms with van der Waals surface area (Å²) in [5, 5.41) is 0. The molecule has 2 aliphatic heterocycles. The predicted molar refractivity (Wildman–Crippen MR) is 130 cm³/mol. The molecule has 0 aliphatic carbocycles. The van der Waals surface area contributed by atoms with E-state index in [2.05, 4.69) is 77.5 Å². The number of hydrogen-bond donors (Lipinski definition) is 0. The van der Waals surface area contributed by atoms with E-state index in [1.807, 2.05) is 17.3 Å². The van der Waals surface area contributed by atoms with Gasteiger partial charge in [-0.3, -0.25) is 9.78 Å². The monoisotopic (exact) mass is 441 g/mol. The zero-order chi connectivity index (χ0) is 22.6. The molecule has 5 nitrogen and oxygen atoms in total. The number of nitrogens with zero attached hydrogens (tertiary/aromatic N) is 3. The fourth-order valence-corrected chi connectivity index (χ4v) is 5.07. The van der Waals surface area contributed by atoms with E-state index >= 15 is 0 Å². The van der Waals surface area contributed by atoms with Crippen LogP contribution in [0.25, 0.3) is 0 Å². The van der Waals surface area contributed by atoms with Gasteiger partial charge in [0.1, 0.15) is 6.61 Å². The molecule has 2 fully saturated rings. The molecule has 0 saturated carbocycles. The molecule has 5 heteroatoms. The maximum absolute atomic E-state index is 12.9. The largest absolute Gasteiger partial charge is 0.371 e. The smallest absolute Gasteiger partial charge is 0.249 e. The van der Waals surface area contributed by atoms with Gasteiger partial charge < -0.3 is 14.5 Å². The fourth-order valence-electron chi connectivity index (χ4n) is 5.07. The van der Waals surface area contributed by atoms with Gasteiger partial charge in [-0.2, -0.15) is 0 Å². The molecule has 1 amide bonds. The van der Waals surface area contributed by atoms with Crippen molar-refractivity contribution in [3.8, 4) is 0 Å². The Kier molecular flexibility index (Phi) is 6.40. The molecule has 170 valence electrons. The molecule has 3 aromatic rings. The standard InChI is InChI=1S/C28H31N3O2/c1-21-7-9-22(10-8-21)18-31-27(19-33-20-28(31)32)25-17-29-14-11-26(25)30-15-12-24(13-16-30)23-5-3-2-4-6-23/h2-11,14,17,24,27H,12-13,15-16,18-20H2,1H3. The third kappa shape index (κ3) is 4.79. The predicted octanol–water partition coefficient (Wildman–Crippen LogP) is 4.87. The van der Waals surface area contributed by atoms with Gasteiger partial charge in [0.25, 0.3) is 0 Å². The number of piperidine rings is 1. The number of ether oxygens (including phenoxy) is 1. The molecular weight excluding hydrogens is 410 g/mol. The molecular formula is C28H31N3O2. The molecule has 1 atom stereocenters. The van der Waals surface area contributed by atoms with Gasteiger partial charge in [0.05, 0.1) is 12.6 Å². The molecule has 0 radical (unpaired) electrons. The lowest BCUT2D eigenvalue weighted by Gasteiger charge is -2.40. The summed E-state index contributed by atoms with van der Waals surface area (Å²) < 4.78 is 5.72. The lowest BCUT2D eigenvalue weighted by atomic mass is 9.89. The first-order chi connectivity index (χ1) is 16.2. The first-order valence-electron chi connectivity index (χ1n) is 11.9. The van der Waals surface area contributed by atoms with Crippen molar-refractivity contribution in [3.05, 3.63) is 95.3 Å². The number of pyridine rings is 1. The van der Waals surface area contributed by atoms with Gasteiger partial charge in [0, 0.05) is 43.3 Å². The summed E-state index contributed by atoms with van der Waals surface area (Å²) in [5.74, 6) is 0.634. The van der Waals surface area contributed by atoms with Crippen molar-refractivity contribution >= 4 is 11.6 Å². The molecule has 3 heterocycles. The van der Waals surface area contributed by atoms with Gasteiger partial charge >= 0.3 is 0 Å². The Labute approximate surface area is 196 Å². The molecule has 1 aromatic heterocycles. The summed E-state index contributed by atoms with van der Waals surface area (Å²) in [5.41, 5.74) is 6.04. The number of hydrogen-bond acceptors (Lipinski definition) is 4. The first kappa shape index (κ1) is 21.7. The lowest BCUT2D eigenvalue weighted by molar-refractivity contribution is -0.149. The Morgan fingerprint density at radius 3 is 2.52 bits per heavy atom. The molecule has 2 saturated heterocycles. The van der Waals surface area contributed by atoms with Gasteiger partial charge in [-0.05, 0) is 42.9 Å². The van der Waals surface area contributed by atoms with E-state index in [1.165, 1.54) is 16.8 Å². The summed E-state index contributed by atoms with van der Waals surface area (Å²) in [6, 6.07) is 21.2. The first-order valence-corrected chi connectivity index (χ1v) is 11.9. The SMILES string of the molecule is Cc1ccc(CN2C(=O)COCC2c2cnccc2N2CCC(c3ccccc3)CC2)cc1. The van der Waals surface area contributed by atoms with Crippen LogP contribution in [0.2, 0.25) is 0 Å². The average Bonchev–Trinajstić information content (AvgIpc) is 2.87. The maximum atomic E-state index is 12.9. The summed E-state index contributed by atoms with van der Waals surface area (Å²) in [4.78, 5) is 21.8. The normalized spacial score (nSPS) is 19.7. The molecule has 0 bridgehead atoms. The van der Waals surface area contributed by atoms with Crippen molar-refractivity contribution in [3.63, 3.8) is 0 Å². The third-order valence-corrected chi connectivity index (χ3v) is 6.96. The van der Waals surface area contributed by atoms with Gasteiger partial charge in [-0.15, -0.1) is 0 Å². The number of amides is 1. The van der Waals surface area contributed by atoms with Crippen molar-refractivity contribution in [1.82, 2.24) is 9.88 Å². The van der Waals surface area contributed by atoms with E-state index < -0.39 is 0 Å². The Bertz CT molecular complexity index is 1080. The van der Waals surface area contributed by atoms with E-state index in [9.17, 15) is 4.79 Å². The minimum absolute atomic E-state index is 0.0319. The summed E-state index contributed by atoms with van der Waals surface area (Å²) in [7, 11) is 0. The van der Waals surface area contributed by atoms with E-state index in [0.717, 1.165) is 37.1 Å². The maximum Gasteiger partial charge on any atom is 0.249 e. The van der Waals surface area contributed by atoms with E-state index in [4.69, 9.17) is 4.74 Å². The van der Waals surface area contributed by atoms with Crippen LogP contribution < -0.4 is 4.90 Å². The van der Waals surface area contributed by atoms with Crippen molar-refractivity contribution in [2.75, 3.05) is 31.2 Å². The van der Waals surface area contributed by atoms with Crippen molar-refractivity contribution < 1.29 is 9.53 Å². The van der Waals surface area contributed by atoms with Gasteiger partial charge in [-0.25, -0.2) is 0 Å². The van der Waals surface area contributed by atoms with Crippen molar-refractivity contribution in [2.45, 2.75) is 38.3 Å². The molecule has 33 heavy (non-hydrogen) atoms. The van der Waals surface area contributed by atoms with Crippen LogP contribution in [0.4, 0.5) is 5.69 Å². The summed E-state index contributed by atoms with van der Waals surface area (Å²) in [6.07, 6.45) is 6.03. The molecule has 5 rings (SSSR count). The zero-order valence-corrected chi connectivity index (χ0v) is 19.2. The second-order valence-corrected chi connectivity index (χ2v) is 9.14. The highest BCUT2D eigenvalue weighted by atomic mass is 16.5. The highest BCUT2D eigenvalue weighted by molar-refractivity contribution is 5.79. The molecule has 2 aliphatic rings. The van der Waals surface area contributed by atoms with E-state index in [-0.39, 0.29) is 18.6 Å². The van der Waals surface area contributed by atoms with Crippen LogP contribution in [-0.4, -0.2) is 42.1 Å². The fraction of sp³-hybridized carbons (Fsp3) is 0.357. The number of benzene rings is 2. The van der Waals surface area contributed by atoms with Crippen LogP contribution in [0.1, 0.15) is 47.1 Å². The Morgan fingerprint density at radius 1 is 1.00 bits per heavy atom. The second kappa shape index (κ2) is 9.75. The van der Waals surface area contributed by atoms with Crippen molar-refractivity contribution in [1.29, 1.82) is 0 Å². The van der Waals surface area contributed by atoms with Crippen LogP contribution in [0.15, 0.2) is 73.1 Å². The molecule has 1 unspecified atom stereocenters. The van der Waals surface area contributed by atoms with Crippen molar-refractivity contribution in [2.24, 2.45) is 0 Å². The lowest BCUT2D eigenvalue weighted by Crippen LogP contribution is -2.44. The highest BCUT2D eigenvalue weighted by Crippen LogP contribution is 2.36. The number of carbonyl (C=O) groups excluding carboxylic acids is 1. The Balaban J connectivity index is 1.37. The second-order valence-electron chi connectivity index (χ2n) is 9.14. The van der Waals surface area contributed by atoms with Crippen LogP contribution in [-0.2, 0) is 16.1 Å². The van der Waals surface area contributed by atoms with Gasteiger partial charge in [-0.1, -0.05) is 60.2 Å². The van der Waals surface area contributed by atoms with Crippen LogP contribution >= 0.6 is 0 Å². The minimum atomic E-state index is -0.136. The Hall–Kier alpha value is -3.18. The van der Waals surface area contributed by atoms with Crippen LogP contribution in [0.5, 0.6) is 0 Å². The minimum Gasteiger partial charge on any atom is -0.371 e. The van der Waals surface area contributed by atoms with E-state index in [0.29, 0.717) is 19.1 Å². The van der Waals surface area contributed by atoms with E-state index in [1.54, 1.807) is 0 Å². The topological polar surface area (TPSA) is 45.7 Å². The third-order valence-electron chi connectivity index (χ3n) is 6.96. The summed E-state index contributed by atoms with van der Waals surface area (Å²) >= 11 is 0. The number of aromatic nitrogens is 1. The molecule has 2 aromatic carbocycles. The average molecular weight is 442 g/mol.